The van der Waals surface area contributed by atoms with Crippen LogP contribution >= 0.6 is 0 Å². The smallest absolute Gasteiger partial charge is 0.264 e. The summed E-state index contributed by atoms with van der Waals surface area (Å²) in [4.78, 5) is 28.2. The van der Waals surface area contributed by atoms with Gasteiger partial charge in [0.15, 0.2) is 0 Å². The molecule has 0 saturated heterocycles. The summed E-state index contributed by atoms with van der Waals surface area (Å²) in [7, 11) is 0.173. The number of methoxy groups -OCH3 is 3. The lowest BCUT2D eigenvalue weighted by atomic mass is 10.1. The molecule has 0 aliphatic rings. The molecule has 214 valence electrons. The minimum Gasteiger partial charge on any atom is -0.497 e. The molecule has 0 saturated carbocycles. The Labute approximate surface area is 235 Å². The highest BCUT2D eigenvalue weighted by molar-refractivity contribution is 7.92. The Kier molecular flexibility index (Phi) is 10.4. The third-order valence-corrected chi connectivity index (χ3v) is 8.07. The van der Waals surface area contributed by atoms with E-state index in [1.807, 2.05) is 0 Å². The Morgan fingerprint density at radius 3 is 2.08 bits per heavy atom. The van der Waals surface area contributed by atoms with Crippen molar-refractivity contribution in [3.63, 3.8) is 0 Å². The molecule has 11 heteroatoms. The molecule has 0 heterocycles. The summed E-state index contributed by atoms with van der Waals surface area (Å²) in [6, 6.07) is 18.7. The molecule has 0 spiro atoms. The molecule has 0 bridgehead atoms. The molecule has 0 aliphatic carbocycles. The number of ether oxygens (including phenoxy) is 3. The van der Waals surface area contributed by atoms with Crippen LogP contribution in [0.5, 0.6) is 17.2 Å². The normalized spacial score (nSPS) is 11.7. The van der Waals surface area contributed by atoms with E-state index in [1.165, 1.54) is 37.3 Å². The van der Waals surface area contributed by atoms with Crippen LogP contribution in [-0.2, 0) is 26.2 Å². The lowest BCUT2D eigenvalue weighted by Crippen LogP contribution is -2.51. The summed E-state index contributed by atoms with van der Waals surface area (Å²) in [5.41, 5.74) is 0.857. The van der Waals surface area contributed by atoms with E-state index in [1.54, 1.807) is 75.6 Å². The fourth-order valence-electron chi connectivity index (χ4n) is 4.06. The van der Waals surface area contributed by atoms with E-state index >= 15 is 0 Å². The number of rotatable bonds is 13. The SMILES string of the molecule is CCNC(=O)C(C)N(Cc1ccc(OC)cc1)C(=O)CN(c1cc(OC)ccc1OC)S(=O)(=O)c1ccccc1. The molecule has 1 atom stereocenters. The molecular formula is C29H35N3O7S. The maximum absolute atomic E-state index is 14.0. The molecule has 2 amide bonds. The highest BCUT2D eigenvalue weighted by Gasteiger charge is 2.34. The van der Waals surface area contributed by atoms with Crippen molar-refractivity contribution in [1.29, 1.82) is 0 Å². The van der Waals surface area contributed by atoms with Crippen LogP contribution in [0.15, 0.2) is 77.7 Å². The van der Waals surface area contributed by atoms with Gasteiger partial charge in [-0.1, -0.05) is 30.3 Å². The first-order valence-corrected chi connectivity index (χ1v) is 14.1. The van der Waals surface area contributed by atoms with Gasteiger partial charge in [-0.05, 0) is 55.8 Å². The van der Waals surface area contributed by atoms with Crippen LogP contribution in [0.4, 0.5) is 5.69 Å². The van der Waals surface area contributed by atoms with Crippen LogP contribution in [-0.4, -0.2) is 65.6 Å². The van der Waals surface area contributed by atoms with E-state index in [0.29, 0.717) is 18.0 Å². The predicted octanol–water partition coefficient (Wildman–Crippen LogP) is 3.46. The summed E-state index contributed by atoms with van der Waals surface area (Å²) in [6.07, 6.45) is 0. The van der Waals surface area contributed by atoms with Gasteiger partial charge in [-0.15, -0.1) is 0 Å². The van der Waals surface area contributed by atoms with Gasteiger partial charge in [-0.2, -0.15) is 0 Å². The third kappa shape index (κ3) is 7.03. The third-order valence-electron chi connectivity index (χ3n) is 6.30. The molecule has 10 nitrogen and oxygen atoms in total. The first-order valence-electron chi connectivity index (χ1n) is 12.7. The number of nitrogens with one attached hydrogen (secondary N) is 1. The van der Waals surface area contributed by atoms with Crippen molar-refractivity contribution >= 4 is 27.5 Å². The second-order valence-electron chi connectivity index (χ2n) is 8.80. The second kappa shape index (κ2) is 13.7. The number of anilines is 1. The number of nitrogens with zero attached hydrogens (tertiary/aromatic N) is 2. The lowest BCUT2D eigenvalue weighted by Gasteiger charge is -2.32. The summed E-state index contributed by atoms with van der Waals surface area (Å²) in [5.74, 6) is 0.303. The van der Waals surface area contributed by atoms with E-state index in [9.17, 15) is 18.0 Å². The van der Waals surface area contributed by atoms with Crippen molar-refractivity contribution < 1.29 is 32.2 Å². The zero-order valence-electron chi connectivity index (χ0n) is 23.3. The Balaban J connectivity index is 2.09. The maximum Gasteiger partial charge on any atom is 0.264 e. The van der Waals surface area contributed by atoms with E-state index in [2.05, 4.69) is 5.32 Å². The minimum atomic E-state index is -4.25. The van der Waals surface area contributed by atoms with Gasteiger partial charge in [-0.3, -0.25) is 13.9 Å². The largest absolute Gasteiger partial charge is 0.497 e. The summed E-state index contributed by atoms with van der Waals surface area (Å²) in [5, 5.41) is 2.74. The highest BCUT2D eigenvalue weighted by atomic mass is 32.2. The molecular weight excluding hydrogens is 534 g/mol. The summed E-state index contributed by atoms with van der Waals surface area (Å²) < 4.78 is 44.9. The average Bonchev–Trinajstić information content (AvgIpc) is 2.98. The van der Waals surface area contributed by atoms with Crippen LogP contribution in [0.3, 0.4) is 0 Å². The van der Waals surface area contributed by atoms with Crippen molar-refractivity contribution in [3.8, 4) is 17.2 Å². The number of likely N-dealkylation sites (N-methyl/N-ethyl adjacent to an activating group) is 1. The average molecular weight is 570 g/mol. The van der Waals surface area contributed by atoms with Crippen LogP contribution in [0, 0.1) is 0 Å². The van der Waals surface area contributed by atoms with E-state index in [0.717, 1.165) is 9.87 Å². The Morgan fingerprint density at radius 1 is 0.875 bits per heavy atom. The number of hydrogen-bond acceptors (Lipinski definition) is 7. The molecule has 1 N–H and O–H groups in total. The van der Waals surface area contributed by atoms with Crippen molar-refractivity contribution in [2.45, 2.75) is 31.3 Å². The number of carbonyl (C=O) groups excluding carboxylic acids is 2. The van der Waals surface area contributed by atoms with Gasteiger partial charge >= 0.3 is 0 Å². The lowest BCUT2D eigenvalue weighted by molar-refractivity contribution is -0.139. The van der Waals surface area contributed by atoms with Gasteiger partial charge < -0.3 is 24.4 Å². The summed E-state index contributed by atoms with van der Waals surface area (Å²) in [6.45, 7) is 3.23. The van der Waals surface area contributed by atoms with E-state index < -0.39 is 28.5 Å². The second-order valence-corrected chi connectivity index (χ2v) is 10.7. The van der Waals surface area contributed by atoms with Gasteiger partial charge in [0, 0.05) is 19.2 Å². The molecule has 1 unspecified atom stereocenters. The zero-order chi connectivity index (χ0) is 29.3. The van der Waals surface area contributed by atoms with Gasteiger partial charge in [-0.25, -0.2) is 8.42 Å². The highest BCUT2D eigenvalue weighted by Crippen LogP contribution is 2.36. The molecule has 0 radical (unpaired) electrons. The first-order chi connectivity index (χ1) is 19.2. The molecule has 0 aliphatic heterocycles. The molecule has 0 aromatic heterocycles. The van der Waals surface area contributed by atoms with Crippen LogP contribution in [0.25, 0.3) is 0 Å². The zero-order valence-corrected chi connectivity index (χ0v) is 24.1. The Hall–Kier alpha value is -4.25. The van der Waals surface area contributed by atoms with Gasteiger partial charge in [0.25, 0.3) is 10.0 Å². The molecule has 0 fully saturated rings. The predicted molar refractivity (Wildman–Crippen MR) is 152 cm³/mol. The molecule has 40 heavy (non-hydrogen) atoms. The molecule has 3 aromatic carbocycles. The summed E-state index contributed by atoms with van der Waals surface area (Å²) >= 11 is 0. The van der Waals surface area contributed by atoms with Crippen LogP contribution in [0.2, 0.25) is 0 Å². The number of amides is 2. The Morgan fingerprint density at radius 2 is 1.50 bits per heavy atom. The maximum atomic E-state index is 14.0. The Bertz CT molecular complexity index is 1400. The standard InChI is InChI=1S/C29H35N3O7S/c1-6-30-29(34)21(2)31(19-22-12-14-23(37-3)15-13-22)28(33)20-32(40(35,36)25-10-8-7-9-11-25)26-18-24(38-4)16-17-27(26)39-5/h7-18,21H,6,19-20H2,1-5H3,(H,30,34). The number of benzene rings is 3. The quantitative estimate of drug-likeness (QED) is 0.335. The van der Waals surface area contributed by atoms with Crippen molar-refractivity contribution in [3.05, 3.63) is 78.4 Å². The fourth-order valence-corrected chi connectivity index (χ4v) is 5.49. The van der Waals surface area contributed by atoms with Crippen LogP contribution in [0.1, 0.15) is 19.4 Å². The fraction of sp³-hybridized carbons (Fsp3) is 0.310. The molecule has 3 aromatic rings. The number of carbonyl (C=O) groups is 2. The van der Waals surface area contributed by atoms with Crippen molar-refractivity contribution in [2.24, 2.45) is 0 Å². The van der Waals surface area contributed by atoms with Gasteiger partial charge in [0.05, 0.1) is 31.9 Å². The van der Waals surface area contributed by atoms with Crippen molar-refractivity contribution in [2.75, 3.05) is 38.7 Å². The number of hydrogen-bond donors (Lipinski definition) is 1. The van der Waals surface area contributed by atoms with Crippen LogP contribution < -0.4 is 23.8 Å². The molecule has 3 rings (SSSR count). The minimum absolute atomic E-state index is 0.00819. The topological polar surface area (TPSA) is 114 Å². The number of sulfonamides is 1. The van der Waals surface area contributed by atoms with Crippen molar-refractivity contribution in [1.82, 2.24) is 10.2 Å². The van der Waals surface area contributed by atoms with Gasteiger partial charge in [0.2, 0.25) is 11.8 Å². The van der Waals surface area contributed by atoms with E-state index in [-0.39, 0.29) is 28.8 Å². The van der Waals surface area contributed by atoms with Gasteiger partial charge in [0.1, 0.15) is 29.8 Å². The first kappa shape index (κ1) is 30.3. The monoisotopic (exact) mass is 569 g/mol. The van der Waals surface area contributed by atoms with E-state index in [4.69, 9.17) is 14.2 Å².